The lowest BCUT2D eigenvalue weighted by Gasteiger charge is -2.16. The molecule has 23 heavy (non-hydrogen) atoms. The summed E-state index contributed by atoms with van der Waals surface area (Å²) in [5.74, 6) is 1.39. The lowest BCUT2D eigenvalue weighted by molar-refractivity contribution is 0.158. The van der Waals surface area contributed by atoms with Gasteiger partial charge in [-0.3, -0.25) is 4.21 Å². The number of carbonyl (C=O) groups is 1. The second-order valence-corrected chi connectivity index (χ2v) is 6.42. The van der Waals surface area contributed by atoms with Crippen LogP contribution in [0.15, 0.2) is 45.7 Å². The van der Waals surface area contributed by atoms with Crippen molar-refractivity contribution in [1.29, 1.82) is 0 Å². The van der Waals surface area contributed by atoms with Crippen LogP contribution in [-0.2, 0) is 15.5 Å². The van der Waals surface area contributed by atoms with Gasteiger partial charge in [0, 0.05) is 34.7 Å². The van der Waals surface area contributed by atoms with Crippen molar-refractivity contribution in [2.45, 2.75) is 17.9 Å². The molecule has 124 valence electrons. The Labute approximate surface area is 137 Å². The maximum absolute atomic E-state index is 12.2. The first-order valence-corrected chi connectivity index (χ1v) is 8.61. The predicted molar refractivity (Wildman–Crippen MR) is 89.0 cm³/mol. The number of hydrogen-bond acceptors (Lipinski definition) is 4. The molecule has 0 fully saturated rings. The topological polar surface area (TPSA) is 80.6 Å². The minimum atomic E-state index is -1.10. The van der Waals surface area contributed by atoms with Crippen molar-refractivity contribution in [1.82, 2.24) is 5.32 Å². The third kappa shape index (κ3) is 4.94. The highest BCUT2D eigenvalue weighted by Gasteiger charge is 2.18. The fourth-order valence-corrected chi connectivity index (χ4v) is 2.64. The number of furan rings is 1. The summed E-state index contributed by atoms with van der Waals surface area (Å²) in [6.45, 7) is 2.13. The second kappa shape index (κ2) is 7.94. The molecule has 1 aromatic carbocycles. The van der Waals surface area contributed by atoms with Gasteiger partial charge in [-0.05, 0) is 37.3 Å². The molecule has 2 amide bonds. The zero-order valence-corrected chi connectivity index (χ0v) is 14.1. The van der Waals surface area contributed by atoms with Gasteiger partial charge in [-0.2, -0.15) is 0 Å². The molecule has 0 saturated heterocycles. The van der Waals surface area contributed by atoms with Gasteiger partial charge in [-0.25, -0.2) is 4.79 Å². The van der Waals surface area contributed by atoms with Crippen LogP contribution in [0.4, 0.5) is 10.5 Å². The molecule has 0 bridgehead atoms. The van der Waals surface area contributed by atoms with Gasteiger partial charge >= 0.3 is 6.03 Å². The highest BCUT2D eigenvalue weighted by Crippen LogP contribution is 2.18. The van der Waals surface area contributed by atoms with E-state index in [4.69, 9.17) is 9.15 Å². The lowest BCUT2D eigenvalue weighted by Crippen LogP contribution is -2.34. The summed E-state index contributed by atoms with van der Waals surface area (Å²) in [6.07, 6.45) is 1.59. The molecule has 7 heteroatoms. The Bertz CT molecular complexity index is 699. The van der Waals surface area contributed by atoms with Gasteiger partial charge in [0.05, 0.1) is 6.61 Å². The van der Waals surface area contributed by atoms with E-state index in [-0.39, 0.29) is 6.03 Å². The highest BCUT2D eigenvalue weighted by atomic mass is 32.2. The third-order valence-corrected chi connectivity index (χ3v) is 4.08. The number of urea groups is 1. The van der Waals surface area contributed by atoms with E-state index in [9.17, 15) is 9.00 Å². The fourth-order valence-electron chi connectivity index (χ4n) is 2.08. The summed E-state index contributed by atoms with van der Waals surface area (Å²) in [7, 11) is 0.456. The maximum atomic E-state index is 12.2. The summed E-state index contributed by atoms with van der Waals surface area (Å²) >= 11 is 0. The van der Waals surface area contributed by atoms with Crippen molar-refractivity contribution in [3.05, 3.63) is 47.9 Å². The molecule has 2 aromatic rings. The van der Waals surface area contributed by atoms with Crippen molar-refractivity contribution in [2.75, 3.05) is 25.3 Å². The van der Waals surface area contributed by atoms with E-state index in [0.29, 0.717) is 22.9 Å². The zero-order chi connectivity index (χ0) is 16.8. The van der Waals surface area contributed by atoms with Crippen LogP contribution in [-0.4, -0.2) is 30.2 Å². The number of methoxy groups -OCH3 is 1. The second-order valence-electron chi connectivity index (χ2n) is 5.04. The summed E-state index contributed by atoms with van der Waals surface area (Å²) in [4.78, 5) is 12.8. The standard InChI is InChI=1S/C16H20N2O4S/c1-11-7-8-15(22-11)14(10-21-2)18-16(19)17-12-5-4-6-13(9-12)23(3)20/h4-9,14H,10H2,1-3H3,(H2,17,18,19)/t14-,23+/m1/s1. The number of nitrogens with one attached hydrogen (secondary N) is 2. The average Bonchev–Trinajstić information content (AvgIpc) is 2.93. The van der Waals surface area contributed by atoms with Crippen molar-refractivity contribution >= 4 is 22.5 Å². The zero-order valence-electron chi connectivity index (χ0n) is 13.3. The summed E-state index contributed by atoms with van der Waals surface area (Å²) in [5.41, 5.74) is 0.571. The normalized spacial score (nSPS) is 13.3. The molecule has 0 aliphatic heterocycles. The Balaban J connectivity index is 2.04. The molecule has 2 rings (SSSR count). The summed E-state index contributed by atoms with van der Waals surface area (Å²) < 4.78 is 22.2. The molecule has 1 heterocycles. The minimum absolute atomic E-state index is 0.291. The molecule has 2 atom stereocenters. The van der Waals surface area contributed by atoms with Gasteiger partial charge in [0.15, 0.2) is 0 Å². The van der Waals surface area contributed by atoms with Crippen molar-refractivity contribution < 1.29 is 18.2 Å². The van der Waals surface area contributed by atoms with Crippen molar-refractivity contribution in [3.63, 3.8) is 0 Å². The third-order valence-electron chi connectivity index (χ3n) is 3.17. The van der Waals surface area contributed by atoms with E-state index >= 15 is 0 Å². The largest absolute Gasteiger partial charge is 0.464 e. The Morgan fingerprint density at radius 3 is 2.74 bits per heavy atom. The minimum Gasteiger partial charge on any atom is -0.464 e. The van der Waals surface area contributed by atoms with Crippen LogP contribution in [0.1, 0.15) is 17.6 Å². The van der Waals surface area contributed by atoms with Crippen LogP contribution >= 0.6 is 0 Å². The molecule has 0 aliphatic rings. The fraction of sp³-hybridized carbons (Fsp3) is 0.312. The van der Waals surface area contributed by atoms with E-state index in [1.54, 1.807) is 43.7 Å². The van der Waals surface area contributed by atoms with Gasteiger partial charge in [0.25, 0.3) is 0 Å². The quantitative estimate of drug-likeness (QED) is 0.850. The predicted octanol–water partition coefficient (Wildman–Crippen LogP) is 2.83. The Hall–Kier alpha value is -2.12. The molecular weight excluding hydrogens is 316 g/mol. The highest BCUT2D eigenvalue weighted by molar-refractivity contribution is 7.84. The lowest BCUT2D eigenvalue weighted by atomic mass is 10.2. The maximum Gasteiger partial charge on any atom is 0.319 e. The molecule has 6 nitrogen and oxygen atoms in total. The summed E-state index contributed by atoms with van der Waals surface area (Å²) in [6, 6.07) is 9.76. The number of ether oxygens (including phenoxy) is 1. The number of amides is 2. The van der Waals surface area contributed by atoms with Crippen molar-refractivity contribution in [2.24, 2.45) is 0 Å². The number of anilines is 1. The van der Waals surface area contributed by atoms with Crippen LogP contribution in [0.3, 0.4) is 0 Å². The molecule has 1 aromatic heterocycles. The van der Waals surface area contributed by atoms with E-state index in [1.807, 2.05) is 13.0 Å². The van der Waals surface area contributed by atoms with Crippen LogP contribution in [0, 0.1) is 6.92 Å². The SMILES string of the molecule is COC[C@@H](NC(=O)Nc1cccc([S@](C)=O)c1)c1ccc(C)o1. The molecule has 0 radical (unpaired) electrons. The van der Waals surface area contributed by atoms with E-state index < -0.39 is 16.8 Å². The average molecular weight is 336 g/mol. The first-order valence-electron chi connectivity index (χ1n) is 7.06. The molecule has 2 N–H and O–H groups in total. The number of benzene rings is 1. The summed E-state index contributed by atoms with van der Waals surface area (Å²) in [5, 5.41) is 5.52. The van der Waals surface area contributed by atoms with Gasteiger partial charge < -0.3 is 19.8 Å². The van der Waals surface area contributed by atoms with E-state index in [1.165, 1.54) is 0 Å². The molecule has 0 unspecified atom stereocenters. The van der Waals surface area contributed by atoms with Crippen molar-refractivity contribution in [3.8, 4) is 0 Å². The van der Waals surface area contributed by atoms with Gasteiger partial charge in [-0.1, -0.05) is 6.07 Å². The Morgan fingerprint density at radius 1 is 1.35 bits per heavy atom. The van der Waals surface area contributed by atoms with Gasteiger partial charge in [-0.15, -0.1) is 0 Å². The van der Waals surface area contributed by atoms with Crippen LogP contribution in [0.5, 0.6) is 0 Å². The Kier molecular flexibility index (Phi) is 5.95. The van der Waals surface area contributed by atoms with Crippen LogP contribution in [0.25, 0.3) is 0 Å². The number of aryl methyl sites for hydroxylation is 1. The smallest absolute Gasteiger partial charge is 0.319 e. The Morgan fingerprint density at radius 2 is 2.13 bits per heavy atom. The van der Waals surface area contributed by atoms with Crippen LogP contribution in [0.2, 0.25) is 0 Å². The first-order chi connectivity index (χ1) is 11.0. The number of carbonyl (C=O) groups excluding carboxylic acids is 1. The van der Waals surface area contributed by atoms with Gasteiger partial charge in [0.1, 0.15) is 17.6 Å². The van der Waals surface area contributed by atoms with E-state index in [2.05, 4.69) is 10.6 Å². The molecular formula is C16H20N2O4S. The molecule has 0 saturated carbocycles. The van der Waals surface area contributed by atoms with Crippen LogP contribution < -0.4 is 10.6 Å². The van der Waals surface area contributed by atoms with Gasteiger partial charge in [0.2, 0.25) is 0 Å². The molecule has 0 spiro atoms. The number of rotatable bonds is 6. The first kappa shape index (κ1) is 17.2. The molecule has 0 aliphatic carbocycles. The monoisotopic (exact) mass is 336 g/mol. The van der Waals surface area contributed by atoms with E-state index in [0.717, 1.165) is 5.76 Å². The number of hydrogen-bond donors (Lipinski definition) is 2.